The smallest absolute Gasteiger partial charge is 0.264 e. The van der Waals surface area contributed by atoms with E-state index in [1.165, 1.54) is 5.56 Å². The molecule has 1 aliphatic rings. The predicted octanol–water partition coefficient (Wildman–Crippen LogP) is 0.0217. The maximum absolute atomic E-state index is 11.6. The van der Waals surface area contributed by atoms with Crippen molar-refractivity contribution in [2.45, 2.75) is 13.0 Å². The van der Waals surface area contributed by atoms with Crippen LogP contribution < -0.4 is 10.0 Å². The number of benzene rings is 1. The molecule has 1 aromatic carbocycles. The van der Waals surface area contributed by atoms with E-state index in [0.717, 1.165) is 31.3 Å². The summed E-state index contributed by atoms with van der Waals surface area (Å²) in [5, 5.41) is 3.21. The van der Waals surface area contributed by atoms with Crippen LogP contribution in [0, 0.1) is 0 Å². The standard InChI is InChI=1S/C11H14N2O3S/c1-17(15,16)13-11(14)9-3-2-8-4-5-12-7-10(8)6-9/h2-3,6,12H,4-5,7H2,1H3,(H,13,14). The molecule has 0 radical (unpaired) electrons. The quantitative estimate of drug-likeness (QED) is 0.780. The van der Waals surface area contributed by atoms with Crippen LogP contribution in [0.1, 0.15) is 21.5 Å². The second kappa shape index (κ2) is 4.46. The Kier molecular flexibility index (Phi) is 3.17. The number of hydrogen-bond donors (Lipinski definition) is 2. The fraction of sp³-hybridized carbons (Fsp3) is 0.364. The number of fused-ring (bicyclic) bond motifs is 1. The molecule has 6 heteroatoms. The lowest BCUT2D eigenvalue weighted by molar-refractivity contribution is 0.0981. The molecule has 92 valence electrons. The van der Waals surface area contributed by atoms with Crippen molar-refractivity contribution in [1.29, 1.82) is 0 Å². The second-order valence-corrected chi connectivity index (χ2v) is 5.86. The Balaban J connectivity index is 2.25. The molecule has 1 amide bonds. The molecule has 0 aliphatic carbocycles. The normalized spacial score (nSPS) is 15.1. The summed E-state index contributed by atoms with van der Waals surface area (Å²) in [4.78, 5) is 11.6. The van der Waals surface area contributed by atoms with Gasteiger partial charge in [-0.1, -0.05) is 6.07 Å². The summed E-state index contributed by atoms with van der Waals surface area (Å²) in [5.41, 5.74) is 2.63. The van der Waals surface area contributed by atoms with Gasteiger partial charge in [-0.25, -0.2) is 13.1 Å². The van der Waals surface area contributed by atoms with E-state index in [0.29, 0.717) is 5.56 Å². The van der Waals surface area contributed by atoms with Gasteiger partial charge in [0.15, 0.2) is 0 Å². The highest BCUT2D eigenvalue weighted by Crippen LogP contribution is 2.15. The lowest BCUT2D eigenvalue weighted by Crippen LogP contribution is -2.30. The Bertz CT molecular complexity index is 552. The summed E-state index contributed by atoms with van der Waals surface area (Å²) in [6.45, 7) is 1.65. The Morgan fingerprint density at radius 2 is 2.12 bits per heavy atom. The summed E-state index contributed by atoms with van der Waals surface area (Å²) in [5.74, 6) is -0.583. The fourth-order valence-corrected chi connectivity index (χ4v) is 2.30. The van der Waals surface area contributed by atoms with Gasteiger partial charge >= 0.3 is 0 Å². The van der Waals surface area contributed by atoms with Crippen LogP contribution in [-0.4, -0.2) is 27.1 Å². The van der Waals surface area contributed by atoms with Crippen LogP contribution in [0.5, 0.6) is 0 Å². The molecule has 0 aromatic heterocycles. The van der Waals surface area contributed by atoms with E-state index < -0.39 is 15.9 Å². The predicted molar refractivity (Wildman–Crippen MR) is 64.2 cm³/mol. The SMILES string of the molecule is CS(=O)(=O)NC(=O)c1ccc2c(c1)CNCC2. The molecule has 17 heavy (non-hydrogen) atoms. The minimum Gasteiger partial charge on any atom is -0.312 e. The molecule has 0 unspecified atom stereocenters. The molecule has 5 nitrogen and oxygen atoms in total. The van der Waals surface area contributed by atoms with E-state index in [4.69, 9.17) is 0 Å². The number of rotatable bonds is 2. The first-order valence-electron chi connectivity index (χ1n) is 5.30. The molecule has 0 spiro atoms. The largest absolute Gasteiger partial charge is 0.312 e. The molecule has 0 atom stereocenters. The van der Waals surface area contributed by atoms with Crippen molar-refractivity contribution < 1.29 is 13.2 Å². The zero-order chi connectivity index (χ0) is 12.5. The molecule has 2 N–H and O–H groups in total. The second-order valence-electron chi connectivity index (χ2n) is 4.11. The summed E-state index contributed by atoms with van der Waals surface area (Å²) in [6.07, 6.45) is 1.90. The van der Waals surface area contributed by atoms with Gasteiger partial charge < -0.3 is 5.32 Å². The van der Waals surface area contributed by atoms with Gasteiger partial charge in [-0.2, -0.15) is 0 Å². The summed E-state index contributed by atoms with van der Waals surface area (Å²) in [7, 11) is -3.51. The van der Waals surface area contributed by atoms with Crippen molar-refractivity contribution in [2.24, 2.45) is 0 Å². The van der Waals surface area contributed by atoms with Gasteiger partial charge in [-0.05, 0) is 36.2 Å². The Labute approximate surface area is 100 Å². The van der Waals surface area contributed by atoms with Crippen LogP contribution in [0.2, 0.25) is 0 Å². The topological polar surface area (TPSA) is 75.3 Å². The molecule has 0 saturated heterocycles. The first-order chi connectivity index (χ1) is 7.96. The van der Waals surface area contributed by atoms with Crippen molar-refractivity contribution in [2.75, 3.05) is 12.8 Å². The number of hydrogen-bond acceptors (Lipinski definition) is 4. The van der Waals surface area contributed by atoms with Crippen LogP contribution >= 0.6 is 0 Å². The molecule has 0 fully saturated rings. The van der Waals surface area contributed by atoms with E-state index in [9.17, 15) is 13.2 Å². The minimum absolute atomic E-state index is 0.373. The van der Waals surface area contributed by atoms with E-state index in [2.05, 4.69) is 5.32 Å². The van der Waals surface area contributed by atoms with Gasteiger partial charge in [0.05, 0.1) is 6.26 Å². The lowest BCUT2D eigenvalue weighted by Gasteiger charge is -2.17. The van der Waals surface area contributed by atoms with Gasteiger partial charge in [0.2, 0.25) is 10.0 Å². The maximum Gasteiger partial charge on any atom is 0.264 e. The van der Waals surface area contributed by atoms with Gasteiger partial charge in [0, 0.05) is 12.1 Å². The minimum atomic E-state index is -3.51. The zero-order valence-electron chi connectivity index (χ0n) is 9.49. The van der Waals surface area contributed by atoms with E-state index >= 15 is 0 Å². The molecule has 1 aliphatic heterocycles. The summed E-state index contributed by atoms with van der Waals surface area (Å²) >= 11 is 0. The number of carbonyl (C=O) groups is 1. The Morgan fingerprint density at radius 3 is 2.82 bits per heavy atom. The Morgan fingerprint density at radius 1 is 1.35 bits per heavy atom. The van der Waals surface area contributed by atoms with Gasteiger partial charge in [-0.3, -0.25) is 4.79 Å². The van der Waals surface area contributed by atoms with Crippen molar-refractivity contribution in [3.05, 3.63) is 34.9 Å². The van der Waals surface area contributed by atoms with Crippen molar-refractivity contribution >= 4 is 15.9 Å². The summed E-state index contributed by atoms with van der Waals surface area (Å²) < 4.78 is 23.9. The van der Waals surface area contributed by atoms with Gasteiger partial charge in [-0.15, -0.1) is 0 Å². The first kappa shape index (κ1) is 12.1. The molecule has 1 heterocycles. The Hall–Kier alpha value is -1.40. The third kappa shape index (κ3) is 3.04. The molecule has 1 aromatic rings. The first-order valence-corrected chi connectivity index (χ1v) is 7.19. The van der Waals surface area contributed by atoms with E-state index in [1.807, 2.05) is 10.8 Å². The molecule has 0 bridgehead atoms. The third-order valence-corrected chi connectivity index (χ3v) is 3.19. The number of sulfonamides is 1. The van der Waals surface area contributed by atoms with Crippen molar-refractivity contribution in [3.8, 4) is 0 Å². The average Bonchev–Trinajstić information content (AvgIpc) is 2.26. The highest BCUT2D eigenvalue weighted by atomic mass is 32.2. The highest BCUT2D eigenvalue weighted by molar-refractivity contribution is 7.89. The molecular formula is C11H14N2O3S. The third-order valence-electron chi connectivity index (χ3n) is 2.63. The number of carbonyl (C=O) groups excluding carboxylic acids is 1. The molecule has 0 saturated carbocycles. The van der Waals surface area contributed by atoms with E-state index in [1.54, 1.807) is 12.1 Å². The monoisotopic (exact) mass is 254 g/mol. The van der Waals surface area contributed by atoms with Crippen molar-refractivity contribution in [3.63, 3.8) is 0 Å². The molecular weight excluding hydrogens is 240 g/mol. The average molecular weight is 254 g/mol. The van der Waals surface area contributed by atoms with Crippen molar-refractivity contribution in [1.82, 2.24) is 10.0 Å². The summed E-state index contributed by atoms with van der Waals surface area (Å²) in [6, 6.07) is 5.28. The highest BCUT2D eigenvalue weighted by Gasteiger charge is 2.14. The lowest BCUT2D eigenvalue weighted by atomic mass is 9.98. The fourth-order valence-electron chi connectivity index (χ4n) is 1.85. The van der Waals surface area contributed by atoms with Gasteiger partial charge in [0.1, 0.15) is 0 Å². The van der Waals surface area contributed by atoms with Gasteiger partial charge in [0.25, 0.3) is 5.91 Å². The van der Waals surface area contributed by atoms with E-state index in [-0.39, 0.29) is 0 Å². The number of nitrogens with one attached hydrogen (secondary N) is 2. The number of amides is 1. The van der Waals surface area contributed by atoms with Crippen LogP contribution in [0.3, 0.4) is 0 Å². The molecule has 2 rings (SSSR count). The zero-order valence-corrected chi connectivity index (χ0v) is 10.3. The van der Waals surface area contributed by atoms with Crippen LogP contribution in [0.15, 0.2) is 18.2 Å². The van der Waals surface area contributed by atoms with Crippen LogP contribution in [0.25, 0.3) is 0 Å². The van der Waals surface area contributed by atoms with Crippen LogP contribution in [0.4, 0.5) is 0 Å². The maximum atomic E-state index is 11.6. The van der Waals surface area contributed by atoms with Crippen LogP contribution in [-0.2, 0) is 23.0 Å².